The van der Waals surface area contributed by atoms with Crippen molar-refractivity contribution < 1.29 is 4.79 Å². The molecule has 0 bridgehead atoms. The number of carbonyl (C=O) groups is 1. The summed E-state index contributed by atoms with van der Waals surface area (Å²) in [5.41, 5.74) is 2.21. The van der Waals surface area contributed by atoms with Crippen LogP contribution in [0.1, 0.15) is 43.7 Å². The molecular formula is C18H22N2O. The van der Waals surface area contributed by atoms with Gasteiger partial charge in [0.1, 0.15) is 11.6 Å². The molecule has 2 atom stereocenters. The molecule has 0 unspecified atom stereocenters. The van der Waals surface area contributed by atoms with Crippen LogP contribution in [0.25, 0.3) is 6.08 Å². The zero-order valence-corrected chi connectivity index (χ0v) is 12.7. The van der Waals surface area contributed by atoms with Gasteiger partial charge in [0, 0.05) is 6.04 Å². The molecule has 2 rings (SSSR count). The van der Waals surface area contributed by atoms with Crippen LogP contribution >= 0.6 is 0 Å². The zero-order valence-electron chi connectivity index (χ0n) is 12.7. The van der Waals surface area contributed by atoms with Crippen LogP contribution in [0.4, 0.5) is 0 Å². The average molecular weight is 282 g/mol. The molecule has 0 saturated heterocycles. The van der Waals surface area contributed by atoms with Gasteiger partial charge in [-0.15, -0.1) is 0 Å². The van der Waals surface area contributed by atoms with E-state index in [1.165, 1.54) is 6.42 Å². The van der Waals surface area contributed by atoms with Crippen molar-refractivity contribution in [2.45, 2.75) is 45.6 Å². The Hall–Kier alpha value is -2.08. The Morgan fingerprint density at radius 1 is 1.29 bits per heavy atom. The number of nitrogens with one attached hydrogen (secondary N) is 1. The molecule has 1 amide bonds. The number of nitrogens with zero attached hydrogens (tertiary/aromatic N) is 1. The van der Waals surface area contributed by atoms with Gasteiger partial charge >= 0.3 is 0 Å². The normalized spacial score (nSPS) is 22.4. The molecule has 0 radical (unpaired) electrons. The minimum atomic E-state index is -0.253. The van der Waals surface area contributed by atoms with Gasteiger partial charge in [-0.1, -0.05) is 49.6 Å². The molecule has 1 aromatic carbocycles. The van der Waals surface area contributed by atoms with Crippen LogP contribution in [0.15, 0.2) is 29.8 Å². The van der Waals surface area contributed by atoms with E-state index in [1.807, 2.05) is 37.3 Å². The lowest BCUT2D eigenvalue weighted by atomic mass is 9.86. The Kier molecular flexibility index (Phi) is 5.16. The molecule has 21 heavy (non-hydrogen) atoms. The van der Waals surface area contributed by atoms with E-state index < -0.39 is 0 Å². The van der Waals surface area contributed by atoms with Crippen LogP contribution in [0, 0.1) is 24.2 Å². The van der Waals surface area contributed by atoms with Crippen LogP contribution in [0.2, 0.25) is 0 Å². The number of hydrogen-bond donors (Lipinski definition) is 1. The Morgan fingerprint density at radius 2 is 1.95 bits per heavy atom. The zero-order chi connectivity index (χ0) is 15.2. The summed E-state index contributed by atoms with van der Waals surface area (Å²) in [6.07, 6.45) is 6.20. The fraction of sp³-hybridized carbons (Fsp3) is 0.444. The second kappa shape index (κ2) is 7.08. The third kappa shape index (κ3) is 4.19. The molecule has 3 nitrogen and oxygen atoms in total. The van der Waals surface area contributed by atoms with E-state index >= 15 is 0 Å². The van der Waals surface area contributed by atoms with Crippen LogP contribution < -0.4 is 5.32 Å². The van der Waals surface area contributed by atoms with Gasteiger partial charge in [-0.2, -0.15) is 5.26 Å². The van der Waals surface area contributed by atoms with Crippen molar-refractivity contribution in [3.63, 3.8) is 0 Å². The van der Waals surface area contributed by atoms with E-state index in [9.17, 15) is 10.1 Å². The first-order valence-electron chi connectivity index (χ1n) is 7.59. The molecule has 110 valence electrons. The Balaban J connectivity index is 2.08. The lowest BCUT2D eigenvalue weighted by molar-refractivity contribution is -0.118. The molecule has 1 N–H and O–H groups in total. The van der Waals surface area contributed by atoms with Crippen molar-refractivity contribution in [1.29, 1.82) is 5.26 Å². The van der Waals surface area contributed by atoms with Gasteiger partial charge in [-0.25, -0.2) is 0 Å². The summed E-state index contributed by atoms with van der Waals surface area (Å²) < 4.78 is 0. The maximum atomic E-state index is 12.3. The molecule has 1 aliphatic carbocycles. The second-order valence-electron chi connectivity index (χ2n) is 5.92. The third-order valence-electron chi connectivity index (χ3n) is 4.18. The first-order valence-corrected chi connectivity index (χ1v) is 7.59. The number of benzene rings is 1. The maximum Gasteiger partial charge on any atom is 0.262 e. The molecule has 0 aromatic heterocycles. The molecule has 0 aliphatic heterocycles. The van der Waals surface area contributed by atoms with Crippen LogP contribution in [-0.4, -0.2) is 11.9 Å². The quantitative estimate of drug-likeness (QED) is 0.680. The van der Waals surface area contributed by atoms with Crippen molar-refractivity contribution in [1.82, 2.24) is 5.32 Å². The van der Waals surface area contributed by atoms with E-state index in [0.29, 0.717) is 5.92 Å². The predicted octanol–water partition coefficient (Wildman–Crippen LogP) is 3.60. The van der Waals surface area contributed by atoms with Crippen LogP contribution in [-0.2, 0) is 4.79 Å². The summed E-state index contributed by atoms with van der Waals surface area (Å²) in [5.74, 6) is 0.235. The van der Waals surface area contributed by atoms with Crippen molar-refractivity contribution in [3.05, 3.63) is 41.0 Å². The highest BCUT2D eigenvalue weighted by Gasteiger charge is 2.23. The largest absolute Gasteiger partial charge is 0.348 e. The summed E-state index contributed by atoms with van der Waals surface area (Å²) in [7, 11) is 0. The SMILES string of the molecule is Cc1ccc(/C=C(\C#N)C(=O)N[C@H]2CCCC[C@@H]2C)cc1. The molecule has 0 heterocycles. The van der Waals surface area contributed by atoms with Gasteiger partial charge in [0.15, 0.2) is 0 Å². The molecule has 0 spiro atoms. The minimum Gasteiger partial charge on any atom is -0.348 e. The fourth-order valence-corrected chi connectivity index (χ4v) is 2.75. The van der Waals surface area contributed by atoms with Gasteiger partial charge in [0.05, 0.1) is 0 Å². The number of aryl methyl sites for hydroxylation is 1. The minimum absolute atomic E-state index is 0.177. The highest BCUT2D eigenvalue weighted by Crippen LogP contribution is 2.24. The second-order valence-corrected chi connectivity index (χ2v) is 5.92. The average Bonchev–Trinajstić information content (AvgIpc) is 2.49. The van der Waals surface area contributed by atoms with Crippen LogP contribution in [0.3, 0.4) is 0 Å². The number of nitriles is 1. The Morgan fingerprint density at radius 3 is 2.57 bits per heavy atom. The molecule has 1 aromatic rings. The van der Waals surface area contributed by atoms with Gasteiger partial charge in [0.2, 0.25) is 0 Å². The van der Waals surface area contributed by atoms with E-state index in [2.05, 4.69) is 12.2 Å². The smallest absolute Gasteiger partial charge is 0.262 e. The van der Waals surface area contributed by atoms with E-state index in [-0.39, 0.29) is 17.5 Å². The first-order chi connectivity index (χ1) is 10.1. The van der Waals surface area contributed by atoms with E-state index in [0.717, 1.165) is 30.4 Å². The maximum absolute atomic E-state index is 12.3. The molecule has 1 aliphatic rings. The molecular weight excluding hydrogens is 260 g/mol. The molecule has 1 saturated carbocycles. The van der Waals surface area contributed by atoms with Gasteiger partial charge in [-0.05, 0) is 37.3 Å². The highest BCUT2D eigenvalue weighted by atomic mass is 16.1. The highest BCUT2D eigenvalue weighted by molar-refractivity contribution is 6.01. The summed E-state index contributed by atoms with van der Waals surface area (Å²) >= 11 is 0. The van der Waals surface area contributed by atoms with E-state index in [4.69, 9.17) is 0 Å². The lowest BCUT2D eigenvalue weighted by Crippen LogP contribution is -2.41. The topological polar surface area (TPSA) is 52.9 Å². The number of carbonyl (C=O) groups excluding carboxylic acids is 1. The van der Waals surface area contributed by atoms with Crippen molar-refractivity contribution in [2.75, 3.05) is 0 Å². The lowest BCUT2D eigenvalue weighted by Gasteiger charge is -2.29. The number of rotatable bonds is 3. The van der Waals surface area contributed by atoms with Crippen LogP contribution in [0.5, 0.6) is 0 Å². The standard InChI is InChI=1S/C18H22N2O/c1-13-7-9-15(10-8-13)11-16(12-19)18(21)20-17-6-4-3-5-14(17)2/h7-11,14,17H,3-6H2,1-2H3,(H,20,21)/b16-11+/t14-,17-/m0/s1. The monoisotopic (exact) mass is 282 g/mol. The van der Waals surface area contributed by atoms with Crippen molar-refractivity contribution >= 4 is 12.0 Å². The molecule has 1 fully saturated rings. The van der Waals surface area contributed by atoms with Gasteiger partial charge in [0.25, 0.3) is 5.91 Å². The summed E-state index contributed by atoms with van der Waals surface area (Å²) in [6.45, 7) is 4.18. The van der Waals surface area contributed by atoms with E-state index in [1.54, 1.807) is 6.08 Å². The number of hydrogen-bond acceptors (Lipinski definition) is 2. The summed E-state index contributed by atoms with van der Waals surface area (Å²) in [4.78, 5) is 12.3. The predicted molar refractivity (Wildman–Crippen MR) is 84.3 cm³/mol. The number of amides is 1. The van der Waals surface area contributed by atoms with Gasteiger partial charge < -0.3 is 5.32 Å². The van der Waals surface area contributed by atoms with Crippen molar-refractivity contribution in [3.8, 4) is 6.07 Å². The summed E-state index contributed by atoms with van der Waals surface area (Å²) in [6, 6.07) is 10.0. The first kappa shape index (κ1) is 15.3. The Labute approximate surface area is 126 Å². The van der Waals surface area contributed by atoms with Gasteiger partial charge in [-0.3, -0.25) is 4.79 Å². The fourth-order valence-electron chi connectivity index (χ4n) is 2.75. The third-order valence-corrected chi connectivity index (χ3v) is 4.18. The molecule has 3 heteroatoms. The van der Waals surface area contributed by atoms with Crippen molar-refractivity contribution in [2.24, 2.45) is 5.92 Å². The summed E-state index contributed by atoms with van der Waals surface area (Å²) in [5, 5.41) is 12.3. The Bertz CT molecular complexity index is 566.